The monoisotopic (exact) mass is 278 g/mol. The van der Waals surface area contributed by atoms with Gasteiger partial charge in [-0.3, -0.25) is 14.4 Å². The van der Waals surface area contributed by atoms with E-state index in [1.807, 2.05) is 19.1 Å². The van der Waals surface area contributed by atoms with E-state index in [-0.39, 0.29) is 18.7 Å². The summed E-state index contributed by atoms with van der Waals surface area (Å²) in [6.45, 7) is 3.21. The van der Waals surface area contributed by atoms with Gasteiger partial charge in [0.1, 0.15) is 6.04 Å². The van der Waals surface area contributed by atoms with E-state index in [1.54, 1.807) is 12.1 Å². The number of anilines is 1. The number of aliphatic carboxylic acids is 1. The minimum absolute atomic E-state index is 0.0482. The van der Waals surface area contributed by atoms with E-state index in [1.165, 1.54) is 6.92 Å². The molecule has 0 fully saturated rings. The van der Waals surface area contributed by atoms with E-state index in [2.05, 4.69) is 10.6 Å². The van der Waals surface area contributed by atoms with Crippen LogP contribution >= 0.6 is 0 Å². The normalized spacial score (nSPS) is 11.5. The number of carboxylic acid groups (broad SMARTS) is 1. The molecule has 0 saturated carbocycles. The van der Waals surface area contributed by atoms with Gasteiger partial charge in [0.15, 0.2) is 0 Å². The second kappa shape index (κ2) is 7.28. The van der Waals surface area contributed by atoms with Gasteiger partial charge in [-0.15, -0.1) is 0 Å². The van der Waals surface area contributed by atoms with Crippen molar-refractivity contribution in [1.82, 2.24) is 5.32 Å². The first-order valence-electron chi connectivity index (χ1n) is 6.25. The number of hydrogen-bond acceptors (Lipinski definition) is 3. The van der Waals surface area contributed by atoms with Crippen molar-refractivity contribution in [3.8, 4) is 0 Å². The number of nitrogens with one attached hydrogen (secondary N) is 2. The predicted octanol–water partition coefficient (Wildman–Crippen LogP) is 1.30. The zero-order valence-corrected chi connectivity index (χ0v) is 11.5. The topological polar surface area (TPSA) is 95.5 Å². The molecule has 0 radical (unpaired) electrons. The van der Waals surface area contributed by atoms with Gasteiger partial charge in [-0.1, -0.05) is 17.7 Å². The maximum absolute atomic E-state index is 12.0. The Morgan fingerprint density at radius 3 is 2.30 bits per heavy atom. The second-order valence-electron chi connectivity index (χ2n) is 4.54. The Hall–Kier alpha value is -2.37. The molecule has 0 unspecified atom stereocenters. The number of carbonyl (C=O) groups is 3. The molecule has 1 atom stereocenters. The molecule has 0 aliphatic heterocycles. The molecule has 0 heterocycles. The number of aryl methyl sites for hydroxylation is 1. The Balaban J connectivity index is 2.68. The van der Waals surface area contributed by atoms with E-state index in [9.17, 15) is 14.4 Å². The SMILES string of the molecule is CC(=O)N[C@@H](CCC(=O)O)C(=O)Nc1ccc(C)cc1. The summed E-state index contributed by atoms with van der Waals surface area (Å²) in [4.78, 5) is 33.7. The van der Waals surface area contributed by atoms with Crippen LogP contribution in [-0.4, -0.2) is 28.9 Å². The largest absolute Gasteiger partial charge is 0.481 e. The highest BCUT2D eigenvalue weighted by molar-refractivity contribution is 5.97. The molecule has 108 valence electrons. The van der Waals surface area contributed by atoms with Crippen molar-refractivity contribution >= 4 is 23.5 Å². The third-order valence-corrected chi connectivity index (χ3v) is 2.66. The number of carbonyl (C=O) groups excluding carboxylic acids is 2. The molecule has 3 N–H and O–H groups in total. The minimum Gasteiger partial charge on any atom is -0.481 e. The number of rotatable bonds is 6. The van der Waals surface area contributed by atoms with E-state index in [4.69, 9.17) is 5.11 Å². The molecule has 1 aromatic carbocycles. The van der Waals surface area contributed by atoms with Gasteiger partial charge in [-0.2, -0.15) is 0 Å². The zero-order valence-electron chi connectivity index (χ0n) is 11.5. The summed E-state index contributed by atoms with van der Waals surface area (Å²) in [5.41, 5.74) is 1.67. The highest BCUT2D eigenvalue weighted by atomic mass is 16.4. The van der Waals surface area contributed by atoms with Crippen molar-refractivity contribution in [2.45, 2.75) is 32.7 Å². The van der Waals surface area contributed by atoms with Crippen LogP contribution < -0.4 is 10.6 Å². The summed E-state index contributed by atoms with van der Waals surface area (Å²) in [7, 11) is 0. The average molecular weight is 278 g/mol. The summed E-state index contributed by atoms with van der Waals surface area (Å²) in [6.07, 6.45) is -0.140. The lowest BCUT2D eigenvalue weighted by Gasteiger charge is -2.16. The van der Waals surface area contributed by atoms with Crippen LogP contribution in [-0.2, 0) is 14.4 Å². The van der Waals surface area contributed by atoms with Crippen LogP contribution in [0.2, 0.25) is 0 Å². The number of carboxylic acids is 1. The molecule has 20 heavy (non-hydrogen) atoms. The molecule has 1 aromatic rings. The zero-order chi connectivity index (χ0) is 15.1. The summed E-state index contributed by atoms with van der Waals surface area (Å²) >= 11 is 0. The quantitative estimate of drug-likeness (QED) is 0.731. The third kappa shape index (κ3) is 5.51. The van der Waals surface area contributed by atoms with Crippen LogP contribution in [0, 0.1) is 6.92 Å². The van der Waals surface area contributed by atoms with Gasteiger partial charge in [-0.05, 0) is 25.5 Å². The maximum atomic E-state index is 12.0. The van der Waals surface area contributed by atoms with Crippen molar-refractivity contribution < 1.29 is 19.5 Å². The number of amides is 2. The highest BCUT2D eigenvalue weighted by Gasteiger charge is 2.20. The fourth-order valence-electron chi connectivity index (χ4n) is 1.65. The first-order chi connectivity index (χ1) is 9.38. The molecule has 0 aliphatic carbocycles. The van der Waals surface area contributed by atoms with Gasteiger partial charge in [0.05, 0.1) is 0 Å². The van der Waals surface area contributed by atoms with Crippen LogP contribution in [0.3, 0.4) is 0 Å². The van der Waals surface area contributed by atoms with Gasteiger partial charge in [0.25, 0.3) is 0 Å². The van der Waals surface area contributed by atoms with E-state index >= 15 is 0 Å². The van der Waals surface area contributed by atoms with Gasteiger partial charge < -0.3 is 15.7 Å². The van der Waals surface area contributed by atoms with Crippen molar-refractivity contribution in [3.05, 3.63) is 29.8 Å². The molecule has 0 aromatic heterocycles. The molecule has 1 rings (SSSR count). The molecule has 2 amide bonds. The van der Waals surface area contributed by atoms with Crippen molar-refractivity contribution in [3.63, 3.8) is 0 Å². The van der Waals surface area contributed by atoms with Gasteiger partial charge in [0, 0.05) is 19.0 Å². The Morgan fingerprint density at radius 2 is 1.80 bits per heavy atom. The van der Waals surface area contributed by atoms with Crippen molar-refractivity contribution in [1.29, 1.82) is 0 Å². The lowest BCUT2D eigenvalue weighted by atomic mass is 10.1. The Morgan fingerprint density at radius 1 is 1.20 bits per heavy atom. The predicted molar refractivity (Wildman–Crippen MR) is 74.3 cm³/mol. The van der Waals surface area contributed by atoms with Crippen LogP contribution in [0.1, 0.15) is 25.3 Å². The van der Waals surface area contributed by atoms with Gasteiger partial charge >= 0.3 is 5.97 Å². The smallest absolute Gasteiger partial charge is 0.303 e. The summed E-state index contributed by atoms with van der Waals surface area (Å²) in [5, 5.41) is 13.8. The molecule has 0 saturated heterocycles. The third-order valence-electron chi connectivity index (χ3n) is 2.66. The van der Waals surface area contributed by atoms with Crippen molar-refractivity contribution in [2.24, 2.45) is 0 Å². The highest BCUT2D eigenvalue weighted by Crippen LogP contribution is 2.10. The fourth-order valence-corrected chi connectivity index (χ4v) is 1.65. The molecule has 0 spiro atoms. The van der Waals surface area contributed by atoms with E-state index in [0.29, 0.717) is 5.69 Å². The van der Waals surface area contributed by atoms with Gasteiger partial charge in [0.2, 0.25) is 11.8 Å². The standard InChI is InChI=1S/C14H18N2O4/c1-9-3-5-11(6-4-9)16-14(20)12(15-10(2)17)7-8-13(18)19/h3-6,12H,7-8H2,1-2H3,(H,15,17)(H,16,20)(H,18,19)/t12-/m0/s1. The second-order valence-corrected chi connectivity index (χ2v) is 4.54. The first-order valence-corrected chi connectivity index (χ1v) is 6.25. The van der Waals surface area contributed by atoms with Crippen LogP contribution in [0.5, 0.6) is 0 Å². The molecule has 6 heteroatoms. The van der Waals surface area contributed by atoms with Crippen molar-refractivity contribution in [2.75, 3.05) is 5.32 Å². The number of benzene rings is 1. The lowest BCUT2D eigenvalue weighted by molar-refractivity contribution is -0.137. The Kier molecular flexibility index (Phi) is 5.71. The lowest BCUT2D eigenvalue weighted by Crippen LogP contribution is -2.43. The Labute approximate surface area is 117 Å². The van der Waals surface area contributed by atoms with Gasteiger partial charge in [-0.25, -0.2) is 0 Å². The molecule has 0 bridgehead atoms. The summed E-state index contributed by atoms with van der Waals surface area (Å²) < 4.78 is 0. The summed E-state index contributed by atoms with van der Waals surface area (Å²) in [6, 6.07) is 6.33. The van der Waals surface area contributed by atoms with Crippen LogP contribution in [0.25, 0.3) is 0 Å². The molecular weight excluding hydrogens is 260 g/mol. The van der Waals surface area contributed by atoms with E-state index < -0.39 is 17.9 Å². The number of hydrogen-bond donors (Lipinski definition) is 3. The maximum Gasteiger partial charge on any atom is 0.303 e. The summed E-state index contributed by atoms with van der Waals surface area (Å²) in [5.74, 6) is -1.81. The minimum atomic E-state index is -1.01. The Bertz CT molecular complexity index is 496. The molecular formula is C14H18N2O4. The van der Waals surface area contributed by atoms with Crippen LogP contribution in [0.15, 0.2) is 24.3 Å². The molecule has 6 nitrogen and oxygen atoms in total. The first kappa shape index (κ1) is 15.7. The molecule has 0 aliphatic rings. The van der Waals surface area contributed by atoms with E-state index in [0.717, 1.165) is 5.56 Å². The average Bonchev–Trinajstić information content (AvgIpc) is 2.36. The van der Waals surface area contributed by atoms with Crippen LogP contribution in [0.4, 0.5) is 5.69 Å². The fraction of sp³-hybridized carbons (Fsp3) is 0.357.